The molecule has 0 radical (unpaired) electrons. The highest BCUT2D eigenvalue weighted by molar-refractivity contribution is 6.08. The van der Waals surface area contributed by atoms with Crippen molar-refractivity contribution in [3.8, 4) is 44.8 Å². The van der Waals surface area contributed by atoms with Crippen LogP contribution in [0.1, 0.15) is 11.8 Å². The van der Waals surface area contributed by atoms with Crippen molar-refractivity contribution in [3.05, 3.63) is 139 Å². The van der Waals surface area contributed by atoms with Crippen molar-refractivity contribution in [2.24, 2.45) is 0 Å². The summed E-state index contributed by atoms with van der Waals surface area (Å²) in [6, 6.07) is 46.2. The molecule has 1 N–H and O–H groups in total. The normalized spacial score (nSPS) is 14.0. The molecule has 1 aromatic heterocycles. The summed E-state index contributed by atoms with van der Waals surface area (Å²) in [5, 5.41) is 14.1. The molecule has 0 bridgehead atoms. The lowest BCUT2D eigenvalue weighted by Crippen LogP contribution is -2.16. The first kappa shape index (κ1) is 22.0. The summed E-state index contributed by atoms with van der Waals surface area (Å²) in [6.07, 6.45) is -0.850. The van der Waals surface area contributed by atoms with E-state index in [0.717, 1.165) is 72.1 Å². The van der Waals surface area contributed by atoms with Gasteiger partial charge in [-0.15, -0.1) is 0 Å². The van der Waals surface area contributed by atoms with Crippen molar-refractivity contribution in [1.29, 1.82) is 0 Å². The zero-order valence-corrected chi connectivity index (χ0v) is 21.1. The lowest BCUT2D eigenvalue weighted by molar-refractivity contribution is 0.152. The second kappa shape index (κ2) is 8.52. The third-order valence-electron chi connectivity index (χ3n) is 7.90. The molecule has 7 aromatic rings. The molecule has 1 unspecified atom stereocenters. The number of nitrogens with zero attached hydrogens (tertiary/aromatic N) is 2. The molecule has 1 aliphatic heterocycles. The predicted molar refractivity (Wildman–Crippen MR) is 159 cm³/mol. The molecule has 3 nitrogen and oxygen atoms in total. The van der Waals surface area contributed by atoms with Crippen LogP contribution in [0.4, 0.5) is 0 Å². The third-order valence-corrected chi connectivity index (χ3v) is 7.90. The number of rotatable bonds is 3. The van der Waals surface area contributed by atoms with Crippen LogP contribution in [0.15, 0.2) is 133 Å². The fourth-order valence-corrected chi connectivity index (χ4v) is 6.14. The van der Waals surface area contributed by atoms with Crippen LogP contribution in [0.25, 0.3) is 66.6 Å². The van der Waals surface area contributed by atoms with Gasteiger partial charge in [-0.3, -0.25) is 4.57 Å². The summed E-state index contributed by atoms with van der Waals surface area (Å²) < 4.78 is 2.02. The van der Waals surface area contributed by atoms with Crippen LogP contribution in [0.2, 0.25) is 0 Å². The largest absolute Gasteiger partial charge is 0.369 e. The van der Waals surface area contributed by atoms with Crippen LogP contribution in [0.3, 0.4) is 0 Å². The van der Waals surface area contributed by atoms with Gasteiger partial charge in [-0.2, -0.15) is 0 Å². The SMILES string of the molecule is OC1c2ccc(-c3ccccc3)c3cccc(c23)-c2nc3cc(-c4ccccc4)cc(-c4ccccc4)c3n21. The van der Waals surface area contributed by atoms with Gasteiger partial charge in [0.1, 0.15) is 5.82 Å². The summed E-state index contributed by atoms with van der Waals surface area (Å²) in [6.45, 7) is 0. The Labute approximate surface area is 226 Å². The molecule has 0 amide bonds. The zero-order chi connectivity index (χ0) is 25.9. The maximum atomic E-state index is 12.0. The standard InChI is InChI=1S/C36H24N2O/c39-36-30-20-19-27(24-13-6-2-7-14-24)28-17-10-18-29(33(28)30)35-37-32-22-26(23-11-4-1-5-12-23)21-31(34(32)38(35)36)25-15-8-3-9-16-25/h1-22,36,39H. The Morgan fingerprint density at radius 1 is 0.538 bits per heavy atom. The van der Waals surface area contributed by atoms with Gasteiger partial charge in [0.25, 0.3) is 0 Å². The molecule has 1 aliphatic rings. The van der Waals surface area contributed by atoms with Crippen LogP contribution in [-0.2, 0) is 0 Å². The van der Waals surface area contributed by atoms with E-state index in [9.17, 15) is 5.11 Å². The molecule has 39 heavy (non-hydrogen) atoms. The van der Waals surface area contributed by atoms with Gasteiger partial charge in [-0.25, -0.2) is 4.98 Å². The maximum absolute atomic E-state index is 12.0. The summed E-state index contributed by atoms with van der Waals surface area (Å²) >= 11 is 0. The first-order valence-corrected chi connectivity index (χ1v) is 13.2. The van der Waals surface area contributed by atoms with Gasteiger partial charge in [0, 0.05) is 22.1 Å². The van der Waals surface area contributed by atoms with Crippen LogP contribution < -0.4 is 0 Å². The van der Waals surface area contributed by atoms with Gasteiger partial charge in [0.15, 0.2) is 6.23 Å². The fourth-order valence-electron chi connectivity index (χ4n) is 6.14. The Hall–Kier alpha value is -4.99. The molecular formula is C36H24N2O. The third kappa shape index (κ3) is 3.30. The second-order valence-corrected chi connectivity index (χ2v) is 10.1. The number of aliphatic hydroxyl groups is 1. The van der Waals surface area contributed by atoms with E-state index in [0.29, 0.717) is 0 Å². The molecule has 2 heterocycles. The lowest BCUT2D eigenvalue weighted by Gasteiger charge is -2.27. The molecule has 0 saturated carbocycles. The summed E-state index contributed by atoms with van der Waals surface area (Å²) in [7, 11) is 0. The van der Waals surface area contributed by atoms with E-state index < -0.39 is 6.23 Å². The number of aliphatic hydroxyl groups excluding tert-OH is 1. The van der Waals surface area contributed by atoms with Crippen molar-refractivity contribution in [1.82, 2.24) is 9.55 Å². The minimum Gasteiger partial charge on any atom is -0.369 e. The molecule has 6 aromatic carbocycles. The summed E-state index contributed by atoms with van der Waals surface area (Å²) in [5.74, 6) is 0.795. The number of aromatic nitrogens is 2. The Morgan fingerprint density at radius 3 is 1.87 bits per heavy atom. The Morgan fingerprint density at radius 2 is 1.18 bits per heavy atom. The van der Waals surface area contributed by atoms with Gasteiger partial charge >= 0.3 is 0 Å². The molecule has 0 saturated heterocycles. The van der Waals surface area contributed by atoms with E-state index in [1.165, 1.54) is 0 Å². The minimum absolute atomic E-state index is 0.795. The summed E-state index contributed by atoms with van der Waals surface area (Å²) in [5.41, 5.74) is 10.5. The number of hydrogen-bond acceptors (Lipinski definition) is 2. The van der Waals surface area contributed by atoms with Gasteiger partial charge in [0.2, 0.25) is 0 Å². The Bertz CT molecular complexity index is 2010. The predicted octanol–water partition coefficient (Wildman–Crippen LogP) is 8.71. The number of hydrogen-bond donors (Lipinski definition) is 1. The van der Waals surface area contributed by atoms with Crippen LogP contribution >= 0.6 is 0 Å². The Balaban J connectivity index is 1.45. The summed E-state index contributed by atoms with van der Waals surface area (Å²) in [4.78, 5) is 5.21. The van der Waals surface area contributed by atoms with Gasteiger partial charge < -0.3 is 5.11 Å². The average molecular weight is 501 g/mol. The molecule has 8 rings (SSSR count). The molecule has 0 aliphatic carbocycles. The molecule has 0 fully saturated rings. The number of benzene rings is 6. The Kier molecular flexibility index (Phi) is 4.81. The van der Waals surface area contributed by atoms with E-state index in [2.05, 4.69) is 115 Å². The highest BCUT2D eigenvalue weighted by atomic mass is 16.3. The maximum Gasteiger partial charge on any atom is 0.159 e. The molecule has 1 atom stereocenters. The van der Waals surface area contributed by atoms with Crippen molar-refractivity contribution in [3.63, 3.8) is 0 Å². The van der Waals surface area contributed by atoms with E-state index in [-0.39, 0.29) is 0 Å². The first-order chi connectivity index (χ1) is 19.3. The van der Waals surface area contributed by atoms with E-state index in [1.54, 1.807) is 0 Å². The number of fused-ring (bicyclic) bond motifs is 4. The zero-order valence-electron chi connectivity index (χ0n) is 21.1. The van der Waals surface area contributed by atoms with Gasteiger partial charge in [0.05, 0.1) is 11.0 Å². The quantitative estimate of drug-likeness (QED) is 0.263. The lowest BCUT2D eigenvalue weighted by atomic mass is 9.89. The average Bonchev–Trinajstić information content (AvgIpc) is 3.40. The van der Waals surface area contributed by atoms with Crippen LogP contribution in [0.5, 0.6) is 0 Å². The van der Waals surface area contributed by atoms with Crippen molar-refractivity contribution in [2.75, 3.05) is 0 Å². The molecule has 184 valence electrons. The topological polar surface area (TPSA) is 38.1 Å². The van der Waals surface area contributed by atoms with E-state index in [4.69, 9.17) is 4.98 Å². The highest BCUT2D eigenvalue weighted by Crippen LogP contribution is 2.47. The minimum atomic E-state index is -0.850. The highest BCUT2D eigenvalue weighted by Gasteiger charge is 2.30. The molecule has 3 heteroatoms. The first-order valence-electron chi connectivity index (χ1n) is 13.2. The molecular weight excluding hydrogens is 476 g/mol. The van der Waals surface area contributed by atoms with E-state index in [1.807, 2.05) is 22.8 Å². The second-order valence-electron chi connectivity index (χ2n) is 10.1. The van der Waals surface area contributed by atoms with Gasteiger partial charge in [-0.05, 0) is 45.3 Å². The smallest absolute Gasteiger partial charge is 0.159 e. The van der Waals surface area contributed by atoms with E-state index >= 15 is 0 Å². The van der Waals surface area contributed by atoms with Crippen molar-refractivity contribution in [2.45, 2.75) is 6.23 Å². The molecule has 0 spiro atoms. The van der Waals surface area contributed by atoms with Crippen LogP contribution in [0, 0.1) is 0 Å². The van der Waals surface area contributed by atoms with Gasteiger partial charge in [-0.1, -0.05) is 121 Å². The van der Waals surface area contributed by atoms with Crippen LogP contribution in [-0.4, -0.2) is 14.7 Å². The number of imidazole rings is 1. The fraction of sp³-hybridized carbons (Fsp3) is 0.0278. The van der Waals surface area contributed by atoms with Crippen molar-refractivity contribution >= 4 is 21.8 Å². The van der Waals surface area contributed by atoms with Crippen molar-refractivity contribution < 1.29 is 5.11 Å². The monoisotopic (exact) mass is 500 g/mol.